The van der Waals surface area contributed by atoms with Crippen LogP contribution in [0.25, 0.3) is 22.0 Å². The Kier molecular flexibility index (Phi) is 56.5. The van der Waals surface area contributed by atoms with Crippen LogP contribution < -0.4 is 0 Å². The summed E-state index contributed by atoms with van der Waals surface area (Å²) in [6.45, 7) is 19.8. The van der Waals surface area contributed by atoms with Crippen LogP contribution in [0.15, 0.2) is 58.7 Å². The Balaban J connectivity index is 0.000000391. The number of hydrogen-bond acceptors (Lipinski definition) is 8. The lowest BCUT2D eigenvalue weighted by Crippen LogP contribution is -2.34. The van der Waals surface area contributed by atoms with Crippen molar-refractivity contribution in [1.29, 1.82) is 0 Å². The maximum Gasteiger partial charge on any atom is 0.280 e. The number of fused-ring (bicyclic) bond motifs is 2. The van der Waals surface area contributed by atoms with Crippen LogP contribution in [0.4, 0.5) is 0 Å². The number of aromatic hydroxyl groups is 1. The van der Waals surface area contributed by atoms with Crippen LogP contribution in [-0.2, 0) is 35.3 Å². The first-order chi connectivity index (χ1) is 59.9. The Morgan fingerprint density at radius 1 is 0.336 bits per heavy atom. The minimum atomic E-state index is -0.254. The van der Waals surface area contributed by atoms with E-state index < -0.39 is 0 Å². The summed E-state index contributed by atoms with van der Waals surface area (Å²) in [4.78, 5) is 61.1. The van der Waals surface area contributed by atoms with Crippen molar-refractivity contribution < 1.29 is 19.5 Å². The lowest BCUT2D eigenvalue weighted by atomic mass is 9.93. The van der Waals surface area contributed by atoms with Gasteiger partial charge in [-0.1, -0.05) is 415 Å². The summed E-state index contributed by atoms with van der Waals surface area (Å²) in [5.41, 5.74) is 10.9. The van der Waals surface area contributed by atoms with E-state index >= 15 is 9.59 Å². The fourth-order valence-electron chi connectivity index (χ4n) is 19.0. The van der Waals surface area contributed by atoms with Crippen molar-refractivity contribution in [2.45, 2.75) is 492 Å². The van der Waals surface area contributed by atoms with Crippen molar-refractivity contribution in [1.82, 2.24) is 14.8 Å². The number of H-pyrrole nitrogens is 1. The van der Waals surface area contributed by atoms with Gasteiger partial charge in [0.05, 0.1) is 72.2 Å². The molecule has 2 N–H and O–H groups in total. The van der Waals surface area contributed by atoms with Gasteiger partial charge >= 0.3 is 0 Å². The molecule has 14 heteroatoms. The summed E-state index contributed by atoms with van der Waals surface area (Å²) in [6.07, 6.45) is 87.3. The average molecular weight is 1880 g/mol. The number of aromatic amines is 1. The molecule has 5 aromatic rings. The Bertz CT molecular complexity index is 3590. The number of rotatable bonds is 76. The molecule has 2 atom stereocenters. The lowest BCUT2D eigenvalue weighted by Gasteiger charge is -2.29. The number of thiophene rings is 4. The van der Waals surface area contributed by atoms with Gasteiger partial charge in [-0.3, -0.25) is 14.4 Å². The van der Waals surface area contributed by atoms with E-state index in [1.165, 1.54) is 415 Å². The number of halogens is 2. The minimum Gasteiger partial charge on any atom is -0.494 e. The molecule has 0 radical (unpaired) electrons. The van der Waals surface area contributed by atoms with E-state index in [-0.39, 0.29) is 23.6 Å². The van der Waals surface area contributed by atoms with Crippen LogP contribution in [0.2, 0.25) is 0 Å². The molecule has 688 valence electrons. The van der Waals surface area contributed by atoms with Crippen molar-refractivity contribution >= 4 is 112 Å². The molecule has 3 amide bonds. The topological polar surface area (TPSA) is 106 Å². The highest BCUT2D eigenvalue weighted by molar-refractivity contribution is 9.11. The summed E-state index contributed by atoms with van der Waals surface area (Å²) < 4.78 is 2.34. The van der Waals surface area contributed by atoms with Gasteiger partial charge in [-0.15, -0.1) is 45.3 Å². The number of nitrogens with one attached hydrogen (secondary N) is 1. The first-order valence-electron chi connectivity index (χ1n) is 51.8. The number of nitrogens with zero attached hydrogens (tertiary/aromatic N) is 3. The molecule has 3 aliphatic rings. The summed E-state index contributed by atoms with van der Waals surface area (Å²) in [5.74, 6) is 0.757. The monoisotopic (exact) mass is 1880 g/mol. The van der Waals surface area contributed by atoms with Gasteiger partial charge in [0.15, 0.2) is 5.88 Å². The van der Waals surface area contributed by atoms with E-state index in [0.717, 1.165) is 82.3 Å². The Morgan fingerprint density at radius 2 is 0.607 bits per heavy atom. The first-order valence-corrected chi connectivity index (χ1v) is 56.8. The molecule has 0 aromatic carbocycles. The smallest absolute Gasteiger partial charge is 0.280 e. The van der Waals surface area contributed by atoms with Gasteiger partial charge in [0.1, 0.15) is 0 Å². The van der Waals surface area contributed by atoms with Crippen molar-refractivity contribution in [3.8, 4) is 16.5 Å². The van der Waals surface area contributed by atoms with E-state index in [4.69, 9.17) is 0 Å². The Labute approximate surface area is 780 Å². The molecular formula is C108H174Br2N4O4S4. The highest BCUT2D eigenvalue weighted by atomic mass is 79.9. The normalized spacial score (nSPS) is 14.0. The minimum absolute atomic E-state index is 0.0499. The summed E-state index contributed by atoms with van der Waals surface area (Å²) in [7, 11) is 0. The maximum absolute atomic E-state index is 16.0. The first kappa shape index (κ1) is 106. The van der Waals surface area contributed by atoms with Gasteiger partial charge in [-0.2, -0.15) is 0 Å². The van der Waals surface area contributed by atoms with Crippen molar-refractivity contribution in [3.63, 3.8) is 0 Å². The highest BCUT2D eigenvalue weighted by Gasteiger charge is 2.50. The molecule has 5 aromatic heterocycles. The van der Waals surface area contributed by atoms with Crippen molar-refractivity contribution in [2.75, 3.05) is 13.1 Å². The second-order valence-corrected chi connectivity index (χ2v) is 43.9. The van der Waals surface area contributed by atoms with Gasteiger partial charge < -0.3 is 19.9 Å². The molecule has 0 aliphatic carbocycles. The summed E-state index contributed by atoms with van der Waals surface area (Å²) in [5, 5.41) is 15.3. The molecule has 122 heavy (non-hydrogen) atoms. The fraction of sp³-hybridized carbons (Fsp3) is 0.741. The largest absolute Gasteiger partial charge is 0.494 e. The number of amides is 3. The van der Waals surface area contributed by atoms with E-state index in [9.17, 15) is 9.90 Å². The second-order valence-electron chi connectivity index (χ2n) is 37.4. The number of unbranched alkanes of at least 4 members (excludes halogenated alkanes) is 52. The molecule has 0 spiro atoms. The Hall–Kier alpha value is -3.40. The molecule has 0 saturated carbocycles. The van der Waals surface area contributed by atoms with Gasteiger partial charge in [-0.25, -0.2) is 4.99 Å². The lowest BCUT2D eigenvalue weighted by molar-refractivity contribution is -0.124. The number of aromatic nitrogens is 1. The van der Waals surface area contributed by atoms with E-state index in [2.05, 4.69) is 142 Å². The molecule has 0 saturated heterocycles. The zero-order valence-corrected chi connectivity index (χ0v) is 85.5. The summed E-state index contributed by atoms with van der Waals surface area (Å²) in [6, 6.07) is 9.12. The van der Waals surface area contributed by atoms with Crippen LogP contribution in [0.3, 0.4) is 0 Å². The molecule has 0 fully saturated rings. The third-order valence-electron chi connectivity index (χ3n) is 26.6. The van der Waals surface area contributed by atoms with Gasteiger partial charge in [-0.05, 0) is 178 Å². The number of carbonyl (C=O) groups excluding carboxylic acids is 3. The van der Waals surface area contributed by atoms with Crippen LogP contribution in [0.1, 0.15) is 519 Å². The van der Waals surface area contributed by atoms with Crippen LogP contribution in [0, 0.1) is 11.8 Å². The quantitative estimate of drug-likeness (QED) is 0.0378. The second kappa shape index (κ2) is 65.2. The third-order valence-corrected chi connectivity index (χ3v) is 32.5. The zero-order valence-electron chi connectivity index (χ0n) is 79.0. The molecule has 8 rings (SSSR count). The van der Waals surface area contributed by atoms with E-state index in [1.54, 1.807) is 45.3 Å². The standard InChI is InChI=1S/C70H118Br2N2O2S2.C38H56N2O2S2/c1-7-13-19-25-29-31-33-35-39-45-51-59-53-61(77-67(59)71)65-63-64(70(76)73(65)55-57(47-41-23-17-11-5)49-43-37-27-21-15-9-3)66(62-54-60(68(72)78-62)52-46-40-36-34-32-30-26-20-14-8-2)74(69(63)75)56-58(48-42-24-18-12-6)50-44-38-28-22-16-10-4;1-3-5-7-9-11-13-15-17-19-21-23-29-25-31(43-27-29)35-33-34(38(42)39-35)36(40-37(33)41)32-26-30(28-44-32)24-22-20-18-16-14-12-10-8-6-4-2/h53-54,57-58H,7-52,55-56H2,1-6H3;25-28,39,42H,3-24H2,1-2H3. The van der Waals surface area contributed by atoms with Gasteiger partial charge in [0.2, 0.25) is 0 Å². The zero-order chi connectivity index (χ0) is 87.0. The molecule has 8 heterocycles. The average Bonchev–Trinajstić information content (AvgIpc) is 1.55. The molecule has 3 aliphatic heterocycles. The molecule has 0 bridgehead atoms. The van der Waals surface area contributed by atoms with Gasteiger partial charge in [0, 0.05) is 13.1 Å². The van der Waals surface area contributed by atoms with Crippen molar-refractivity contribution in [3.05, 3.63) is 102 Å². The predicted octanol–water partition coefficient (Wildman–Crippen LogP) is 37.2. The third kappa shape index (κ3) is 38.0. The number of aliphatic imine (C=N–C) groups is 1. The SMILES string of the molecule is CCCCCCCCCCCCc1cc(C2=C3C(=O)N(CC(CCCCCC)CCCCCCCC)C(c4cc(CCCCCCCCCCCC)c(Br)s4)=C3C(=O)N2CC(CCCCCC)CCCCCCCC)sc1Br.CCCCCCCCCCCCc1csc(C2=NC(=O)c3c(-c4cc(CCCCCCCCCCCC)cs4)[nH]c(O)c32)c1. The maximum atomic E-state index is 16.0. The number of aryl methyl sites for hydroxylation is 4. The number of carbonyl (C=O) groups is 3. The molecule has 8 nitrogen and oxygen atoms in total. The molecular weight excluding hydrogens is 1710 g/mol. The van der Waals surface area contributed by atoms with E-state index in [0.29, 0.717) is 58.6 Å². The van der Waals surface area contributed by atoms with Crippen LogP contribution in [-0.4, -0.2) is 56.4 Å². The fourth-order valence-corrected chi connectivity index (χ4v) is 24.5. The Morgan fingerprint density at radius 3 is 0.926 bits per heavy atom. The van der Waals surface area contributed by atoms with Crippen LogP contribution in [0.5, 0.6) is 5.88 Å². The van der Waals surface area contributed by atoms with Crippen molar-refractivity contribution in [2.24, 2.45) is 16.8 Å². The molecule has 2 unspecified atom stereocenters. The van der Waals surface area contributed by atoms with E-state index in [1.807, 2.05) is 0 Å². The highest BCUT2D eigenvalue weighted by Crippen LogP contribution is 2.52. The number of hydrogen-bond donors (Lipinski definition) is 2. The van der Waals surface area contributed by atoms with Gasteiger partial charge in [0.25, 0.3) is 17.7 Å². The summed E-state index contributed by atoms with van der Waals surface area (Å²) >= 11 is 15.0. The predicted molar refractivity (Wildman–Crippen MR) is 544 cm³/mol. The van der Waals surface area contributed by atoms with Crippen LogP contribution >= 0.6 is 77.2 Å².